The van der Waals surface area contributed by atoms with Gasteiger partial charge in [-0.05, 0) is 13.8 Å². The van der Waals surface area contributed by atoms with Crippen LogP contribution in [-0.2, 0) is 10.0 Å². The number of anilines is 1. The second kappa shape index (κ2) is 4.39. The van der Waals surface area contributed by atoms with E-state index >= 15 is 0 Å². The molecule has 0 fully saturated rings. The Balaban J connectivity index is 2.41. The summed E-state index contributed by atoms with van der Waals surface area (Å²) in [5.74, 6) is -1.47. The molecule has 0 bridgehead atoms. The van der Waals surface area contributed by atoms with Crippen LogP contribution in [0.25, 0.3) is 0 Å². The van der Waals surface area contributed by atoms with Gasteiger partial charge in [0.25, 0.3) is 10.0 Å². The fourth-order valence-corrected chi connectivity index (χ4v) is 2.45. The summed E-state index contributed by atoms with van der Waals surface area (Å²) in [6, 6.07) is 0. The lowest BCUT2D eigenvalue weighted by Crippen LogP contribution is -2.16. The van der Waals surface area contributed by atoms with Crippen molar-refractivity contribution in [1.29, 1.82) is 0 Å². The molecule has 10 heteroatoms. The average molecular weight is 286 g/mol. The first kappa shape index (κ1) is 13.1. The van der Waals surface area contributed by atoms with Crippen molar-refractivity contribution in [1.82, 2.24) is 15.4 Å². The number of aromatic amines is 1. The van der Waals surface area contributed by atoms with Crippen molar-refractivity contribution in [3.63, 3.8) is 0 Å². The molecule has 0 amide bonds. The van der Waals surface area contributed by atoms with Gasteiger partial charge in [-0.3, -0.25) is 5.10 Å². The molecule has 0 aliphatic heterocycles. The zero-order chi connectivity index (χ0) is 14.2. The van der Waals surface area contributed by atoms with Crippen molar-refractivity contribution < 1.29 is 22.8 Å². The highest BCUT2D eigenvalue weighted by atomic mass is 32.2. The van der Waals surface area contributed by atoms with Crippen LogP contribution in [0.15, 0.2) is 15.7 Å². The standard InChI is InChI=1S/C9H10N4O5S/c1-4-5(2)12-18-7(4)13-19(16,17)8-6(9(14)15)3-10-11-8/h3,13H,1-2H3,(H,10,11)(H,14,15). The van der Waals surface area contributed by atoms with Gasteiger partial charge >= 0.3 is 5.97 Å². The van der Waals surface area contributed by atoms with E-state index in [9.17, 15) is 13.2 Å². The number of nitrogens with one attached hydrogen (secondary N) is 2. The van der Waals surface area contributed by atoms with Crippen LogP contribution >= 0.6 is 0 Å². The maximum Gasteiger partial charge on any atom is 0.340 e. The number of carboxylic acids is 1. The first-order valence-corrected chi connectivity index (χ1v) is 6.53. The first-order valence-electron chi connectivity index (χ1n) is 5.05. The third-order valence-corrected chi connectivity index (χ3v) is 3.79. The second-order valence-electron chi connectivity index (χ2n) is 3.75. The number of aryl methyl sites for hydroxylation is 1. The number of rotatable bonds is 4. The molecule has 0 radical (unpaired) electrons. The number of aromatic carboxylic acids is 1. The number of nitrogens with zero attached hydrogens (tertiary/aromatic N) is 2. The molecule has 2 rings (SSSR count). The maximum atomic E-state index is 12.0. The van der Waals surface area contributed by atoms with Crippen molar-refractivity contribution in [2.75, 3.05) is 4.72 Å². The highest BCUT2D eigenvalue weighted by Gasteiger charge is 2.26. The van der Waals surface area contributed by atoms with E-state index in [0.29, 0.717) is 11.3 Å². The normalized spacial score (nSPS) is 11.5. The average Bonchev–Trinajstić information content (AvgIpc) is 2.91. The number of aromatic nitrogens is 3. The second-order valence-corrected chi connectivity index (χ2v) is 5.36. The lowest BCUT2D eigenvalue weighted by atomic mass is 10.3. The summed E-state index contributed by atoms with van der Waals surface area (Å²) in [6.07, 6.45) is 0.912. The Morgan fingerprint density at radius 3 is 2.68 bits per heavy atom. The zero-order valence-corrected chi connectivity index (χ0v) is 10.8. The molecular formula is C9H10N4O5S. The SMILES string of the molecule is Cc1noc(NS(=O)(=O)c2[nH]ncc2C(=O)O)c1C. The maximum absolute atomic E-state index is 12.0. The highest BCUT2D eigenvalue weighted by molar-refractivity contribution is 7.92. The summed E-state index contributed by atoms with van der Waals surface area (Å²) in [5, 5.41) is 17.4. The summed E-state index contributed by atoms with van der Waals surface area (Å²) in [7, 11) is -4.14. The number of hydrogen-bond donors (Lipinski definition) is 3. The highest BCUT2D eigenvalue weighted by Crippen LogP contribution is 2.22. The molecule has 2 aromatic heterocycles. The monoisotopic (exact) mass is 286 g/mol. The molecule has 0 aromatic carbocycles. The fraction of sp³-hybridized carbons (Fsp3) is 0.222. The van der Waals surface area contributed by atoms with Crippen molar-refractivity contribution in [2.24, 2.45) is 0 Å². The fourth-order valence-electron chi connectivity index (χ4n) is 1.32. The van der Waals surface area contributed by atoms with Crippen LogP contribution in [0.3, 0.4) is 0 Å². The molecule has 3 N–H and O–H groups in total. The minimum atomic E-state index is -4.14. The van der Waals surface area contributed by atoms with Crippen molar-refractivity contribution in [2.45, 2.75) is 18.9 Å². The molecule has 2 heterocycles. The van der Waals surface area contributed by atoms with Crippen LogP contribution in [-0.4, -0.2) is 34.8 Å². The van der Waals surface area contributed by atoms with E-state index in [1.165, 1.54) is 0 Å². The van der Waals surface area contributed by atoms with E-state index in [0.717, 1.165) is 6.20 Å². The van der Waals surface area contributed by atoms with Gasteiger partial charge in [0.05, 0.1) is 11.9 Å². The van der Waals surface area contributed by atoms with Gasteiger partial charge in [-0.2, -0.15) is 13.5 Å². The number of carbonyl (C=O) groups is 1. The Labute approximate surface area is 107 Å². The zero-order valence-electron chi connectivity index (χ0n) is 9.96. The van der Waals surface area contributed by atoms with Gasteiger partial charge in [0.1, 0.15) is 5.56 Å². The van der Waals surface area contributed by atoms with Gasteiger partial charge in [-0.25, -0.2) is 9.52 Å². The third-order valence-electron chi connectivity index (χ3n) is 2.49. The Bertz CT molecular complexity index is 730. The Kier molecular flexibility index (Phi) is 3.02. The molecule has 0 saturated carbocycles. The number of sulfonamides is 1. The van der Waals surface area contributed by atoms with E-state index < -0.39 is 26.6 Å². The molecular weight excluding hydrogens is 276 g/mol. The Morgan fingerprint density at radius 2 is 2.16 bits per heavy atom. The quantitative estimate of drug-likeness (QED) is 0.744. The first-order chi connectivity index (χ1) is 8.83. The summed E-state index contributed by atoms with van der Waals surface area (Å²) in [4.78, 5) is 10.9. The lowest BCUT2D eigenvalue weighted by Gasteiger charge is -2.04. The van der Waals surface area contributed by atoms with E-state index in [4.69, 9.17) is 9.63 Å². The predicted octanol–water partition coefficient (Wildman–Crippen LogP) is 0.514. The van der Waals surface area contributed by atoms with E-state index in [-0.39, 0.29) is 5.88 Å². The number of carboxylic acid groups (broad SMARTS) is 1. The van der Waals surface area contributed by atoms with Crippen LogP contribution in [0.5, 0.6) is 0 Å². The Hall–Kier alpha value is -2.36. The molecule has 0 aliphatic rings. The van der Waals surface area contributed by atoms with Gasteiger partial charge in [-0.15, -0.1) is 0 Å². The summed E-state index contributed by atoms with van der Waals surface area (Å²) in [5.41, 5.74) is 0.585. The van der Waals surface area contributed by atoms with Crippen LogP contribution in [0.2, 0.25) is 0 Å². The van der Waals surface area contributed by atoms with E-state index in [1.54, 1.807) is 13.8 Å². The van der Waals surface area contributed by atoms with Crippen molar-refractivity contribution >= 4 is 21.9 Å². The molecule has 9 nitrogen and oxygen atoms in total. The minimum Gasteiger partial charge on any atom is -0.478 e. The van der Waals surface area contributed by atoms with E-state index in [2.05, 4.69) is 20.1 Å². The molecule has 2 aromatic rings. The largest absolute Gasteiger partial charge is 0.478 e. The van der Waals surface area contributed by atoms with Gasteiger partial charge in [-0.1, -0.05) is 5.16 Å². The van der Waals surface area contributed by atoms with Crippen LogP contribution in [0.4, 0.5) is 5.88 Å². The molecule has 0 spiro atoms. The van der Waals surface area contributed by atoms with Crippen molar-refractivity contribution in [3.8, 4) is 0 Å². The van der Waals surface area contributed by atoms with Gasteiger partial charge in [0.2, 0.25) is 5.88 Å². The molecule has 19 heavy (non-hydrogen) atoms. The van der Waals surface area contributed by atoms with Crippen LogP contribution < -0.4 is 4.72 Å². The molecule has 0 aliphatic carbocycles. The van der Waals surface area contributed by atoms with Crippen LogP contribution in [0, 0.1) is 13.8 Å². The van der Waals surface area contributed by atoms with Crippen molar-refractivity contribution in [3.05, 3.63) is 23.0 Å². The molecule has 102 valence electrons. The molecule has 0 saturated heterocycles. The summed E-state index contributed by atoms with van der Waals surface area (Å²) < 4.78 is 31.0. The minimum absolute atomic E-state index is 0.0663. The number of hydrogen-bond acceptors (Lipinski definition) is 6. The van der Waals surface area contributed by atoms with Gasteiger partial charge in [0.15, 0.2) is 5.03 Å². The smallest absolute Gasteiger partial charge is 0.340 e. The van der Waals surface area contributed by atoms with Gasteiger partial charge < -0.3 is 9.63 Å². The predicted molar refractivity (Wildman–Crippen MR) is 62.3 cm³/mol. The topological polar surface area (TPSA) is 138 Å². The third kappa shape index (κ3) is 2.29. The Morgan fingerprint density at radius 1 is 1.47 bits per heavy atom. The summed E-state index contributed by atoms with van der Waals surface area (Å²) in [6.45, 7) is 3.27. The van der Waals surface area contributed by atoms with Gasteiger partial charge in [0, 0.05) is 5.56 Å². The van der Waals surface area contributed by atoms with E-state index in [1.807, 2.05) is 0 Å². The van der Waals surface area contributed by atoms with Crippen LogP contribution in [0.1, 0.15) is 21.6 Å². The molecule has 0 atom stereocenters. The summed E-state index contributed by atoms with van der Waals surface area (Å²) >= 11 is 0. The number of H-pyrrole nitrogens is 1. The lowest BCUT2D eigenvalue weighted by molar-refractivity contribution is 0.0692. The molecule has 0 unspecified atom stereocenters.